The van der Waals surface area contributed by atoms with Gasteiger partial charge in [0.15, 0.2) is 0 Å². The SMILES string of the molecule is CC(C)(C)C(NN)c1ccc(F)cc1. The summed E-state index contributed by atoms with van der Waals surface area (Å²) in [4.78, 5) is 0. The normalized spacial score (nSPS) is 14.1. The van der Waals surface area contributed by atoms with E-state index < -0.39 is 0 Å². The van der Waals surface area contributed by atoms with E-state index in [1.807, 2.05) is 0 Å². The second-order valence-corrected chi connectivity index (χ2v) is 4.52. The highest BCUT2D eigenvalue weighted by Gasteiger charge is 2.24. The predicted molar refractivity (Wildman–Crippen MR) is 55.9 cm³/mol. The molecule has 0 bridgehead atoms. The molecule has 0 heterocycles. The quantitative estimate of drug-likeness (QED) is 0.563. The van der Waals surface area contributed by atoms with Crippen molar-refractivity contribution in [2.45, 2.75) is 26.8 Å². The van der Waals surface area contributed by atoms with Gasteiger partial charge >= 0.3 is 0 Å². The minimum Gasteiger partial charge on any atom is -0.271 e. The maximum atomic E-state index is 12.7. The minimum absolute atomic E-state index is 0.00653. The van der Waals surface area contributed by atoms with Crippen LogP contribution in [0.25, 0.3) is 0 Å². The topological polar surface area (TPSA) is 38.0 Å². The molecule has 0 aliphatic heterocycles. The van der Waals surface area contributed by atoms with Gasteiger partial charge in [0.2, 0.25) is 0 Å². The first kappa shape index (κ1) is 11.1. The Morgan fingerprint density at radius 2 is 1.71 bits per heavy atom. The Morgan fingerprint density at radius 1 is 1.21 bits per heavy atom. The van der Waals surface area contributed by atoms with E-state index in [1.54, 1.807) is 12.1 Å². The minimum atomic E-state index is -0.224. The zero-order valence-electron chi connectivity index (χ0n) is 8.84. The number of benzene rings is 1. The molecule has 1 unspecified atom stereocenters. The fraction of sp³-hybridized carbons (Fsp3) is 0.455. The van der Waals surface area contributed by atoms with E-state index in [0.29, 0.717) is 0 Å². The van der Waals surface area contributed by atoms with Crippen LogP contribution in [0.5, 0.6) is 0 Å². The zero-order valence-corrected chi connectivity index (χ0v) is 8.84. The first-order valence-corrected chi connectivity index (χ1v) is 4.67. The molecule has 1 aromatic carbocycles. The van der Waals surface area contributed by atoms with Crippen LogP contribution >= 0.6 is 0 Å². The standard InChI is InChI=1S/C11H17FN2/c1-11(2,3)10(14-13)8-4-6-9(12)7-5-8/h4-7,10,14H,13H2,1-3H3. The van der Waals surface area contributed by atoms with Crippen LogP contribution < -0.4 is 11.3 Å². The summed E-state index contributed by atoms with van der Waals surface area (Å²) in [7, 11) is 0. The van der Waals surface area contributed by atoms with E-state index >= 15 is 0 Å². The molecule has 3 N–H and O–H groups in total. The summed E-state index contributed by atoms with van der Waals surface area (Å²) in [6.07, 6.45) is 0. The molecule has 78 valence electrons. The Labute approximate surface area is 84.3 Å². The van der Waals surface area contributed by atoms with Gasteiger partial charge in [-0.1, -0.05) is 32.9 Å². The van der Waals surface area contributed by atoms with Crippen LogP contribution in [0.2, 0.25) is 0 Å². The number of halogens is 1. The van der Waals surface area contributed by atoms with E-state index in [4.69, 9.17) is 5.84 Å². The number of hydrogen-bond donors (Lipinski definition) is 2. The summed E-state index contributed by atoms with van der Waals surface area (Å²) in [5.41, 5.74) is 3.76. The maximum absolute atomic E-state index is 12.7. The second-order valence-electron chi connectivity index (χ2n) is 4.52. The highest BCUT2D eigenvalue weighted by molar-refractivity contribution is 5.21. The van der Waals surface area contributed by atoms with Gasteiger partial charge in [-0.15, -0.1) is 0 Å². The van der Waals surface area contributed by atoms with E-state index in [-0.39, 0.29) is 17.3 Å². The molecule has 0 amide bonds. The van der Waals surface area contributed by atoms with Crippen LogP contribution in [0.1, 0.15) is 32.4 Å². The van der Waals surface area contributed by atoms with Gasteiger partial charge in [-0.2, -0.15) is 0 Å². The summed E-state index contributed by atoms with van der Waals surface area (Å²) < 4.78 is 12.7. The zero-order chi connectivity index (χ0) is 10.8. The van der Waals surface area contributed by atoms with Gasteiger partial charge in [0.25, 0.3) is 0 Å². The summed E-state index contributed by atoms with van der Waals surface area (Å²) >= 11 is 0. The Balaban J connectivity index is 2.96. The Hall–Kier alpha value is -0.930. The Kier molecular flexibility index (Phi) is 3.24. The molecule has 1 aromatic rings. The molecule has 0 spiro atoms. The second kappa shape index (κ2) is 4.07. The third-order valence-electron chi connectivity index (χ3n) is 2.24. The van der Waals surface area contributed by atoms with Crippen LogP contribution in [-0.4, -0.2) is 0 Å². The van der Waals surface area contributed by atoms with Crippen LogP contribution in [0.4, 0.5) is 4.39 Å². The van der Waals surface area contributed by atoms with Crippen molar-refractivity contribution in [1.82, 2.24) is 5.43 Å². The lowest BCUT2D eigenvalue weighted by atomic mass is 9.83. The fourth-order valence-electron chi connectivity index (χ4n) is 1.50. The van der Waals surface area contributed by atoms with Gasteiger partial charge in [-0.3, -0.25) is 11.3 Å². The lowest BCUT2D eigenvalue weighted by molar-refractivity contribution is 0.275. The van der Waals surface area contributed by atoms with Crippen molar-refractivity contribution in [2.75, 3.05) is 0 Å². The Morgan fingerprint density at radius 3 is 2.07 bits per heavy atom. The first-order valence-electron chi connectivity index (χ1n) is 4.67. The molecular formula is C11H17FN2. The lowest BCUT2D eigenvalue weighted by Crippen LogP contribution is -2.36. The average molecular weight is 196 g/mol. The largest absolute Gasteiger partial charge is 0.271 e. The van der Waals surface area contributed by atoms with Crippen molar-refractivity contribution < 1.29 is 4.39 Å². The van der Waals surface area contributed by atoms with Crippen LogP contribution in [0, 0.1) is 11.2 Å². The van der Waals surface area contributed by atoms with Gasteiger partial charge in [0.05, 0.1) is 6.04 Å². The average Bonchev–Trinajstić information content (AvgIpc) is 2.07. The van der Waals surface area contributed by atoms with E-state index in [9.17, 15) is 4.39 Å². The summed E-state index contributed by atoms with van der Waals surface area (Å²) in [5, 5.41) is 0. The van der Waals surface area contributed by atoms with E-state index in [0.717, 1.165) is 5.56 Å². The van der Waals surface area contributed by atoms with Crippen molar-refractivity contribution in [3.8, 4) is 0 Å². The Bertz CT molecular complexity index is 287. The van der Waals surface area contributed by atoms with Crippen molar-refractivity contribution in [3.63, 3.8) is 0 Å². The molecule has 14 heavy (non-hydrogen) atoms. The molecule has 3 heteroatoms. The van der Waals surface area contributed by atoms with Gasteiger partial charge in [-0.25, -0.2) is 4.39 Å². The van der Waals surface area contributed by atoms with Crippen molar-refractivity contribution in [1.29, 1.82) is 0 Å². The van der Waals surface area contributed by atoms with Gasteiger partial charge < -0.3 is 0 Å². The third-order valence-corrected chi connectivity index (χ3v) is 2.24. The molecule has 0 saturated carbocycles. The number of nitrogens with one attached hydrogen (secondary N) is 1. The van der Waals surface area contributed by atoms with Crippen LogP contribution in [-0.2, 0) is 0 Å². The van der Waals surface area contributed by atoms with Gasteiger partial charge in [0, 0.05) is 0 Å². The van der Waals surface area contributed by atoms with Crippen molar-refractivity contribution >= 4 is 0 Å². The van der Waals surface area contributed by atoms with Gasteiger partial charge in [0.1, 0.15) is 5.82 Å². The molecule has 0 saturated heterocycles. The smallest absolute Gasteiger partial charge is 0.123 e. The molecule has 0 aliphatic rings. The molecule has 1 atom stereocenters. The monoisotopic (exact) mass is 196 g/mol. The van der Waals surface area contributed by atoms with Gasteiger partial charge in [-0.05, 0) is 23.1 Å². The van der Waals surface area contributed by atoms with Crippen LogP contribution in [0.15, 0.2) is 24.3 Å². The predicted octanol–water partition coefficient (Wildman–Crippen LogP) is 2.38. The molecular weight excluding hydrogens is 179 g/mol. The molecule has 0 aliphatic carbocycles. The van der Waals surface area contributed by atoms with Crippen molar-refractivity contribution in [3.05, 3.63) is 35.6 Å². The fourth-order valence-corrected chi connectivity index (χ4v) is 1.50. The van der Waals surface area contributed by atoms with Crippen molar-refractivity contribution in [2.24, 2.45) is 11.3 Å². The molecule has 2 nitrogen and oxygen atoms in total. The highest BCUT2D eigenvalue weighted by atomic mass is 19.1. The lowest BCUT2D eigenvalue weighted by Gasteiger charge is -2.30. The summed E-state index contributed by atoms with van der Waals surface area (Å²) in [6.45, 7) is 6.25. The molecule has 0 fully saturated rings. The number of rotatable bonds is 2. The van der Waals surface area contributed by atoms with Crippen LogP contribution in [0.3, 0.4) is 0 Å². The summed E-state index contributed by atoms with van der Waals surface area (Å²) in [5.74, 6) is 5.26. The first-order chi connectivity index (χ1) is 6.45. The highest BCUT2D eigenvalue weighted by Crippen LogP contribution is 2.31. The summed E-state index contributed by atoms with van der Waals surface area (Å²) in [6, 6.07) is 6.44. The molecule has 0 aromatic heterocycles. The number of hydrazine groups is 1. The number of nitrogens with two attached hydrogens (primary N) is 1. The molecule has 1 rings (SSSR count). The maximum Gasteiger partial charge on any atom is 0.123 e. The van der Waals surface area contributed by atoms with E-state index in [1.165, 1.54) is 12.1 Å². The van der Waals surface area contributed by atoms with E-state index in [2.05, 4.69) is 26.2 Å². The molecule has 0 radical (unpaired) electrons. The third kappa shape index (κ3) is 2.53. The number of hydrogen-bond acceptors (Lipinski definition) is 2.